The number of benzene rings is 1. The number of hydrogen-bond donors (Lipinski definition) is 1. The van der Waals surface area contributed by atoms with Crippen molar-refractivity contribution in [3.63, 3.8) is 0 Å². The van der Waals surface area contributed by atoms with Crippen LogP contribution in [0.1, 0.15) is 43.2 Å². The molecular formula is C21H26ClN3O3S2. The van der Waals surface area contributed by atoms with Gasteiger partial charge in [-0.05, 0) is 62.3 Å². The summed E-state index contributed by atoms with van der Waals surface area (Å²) in [5.74, 6) is 0.455. The average molecular weight is 468 g/mol. The molecule has 1 unspecified atom stereocenters. The fraction of sp³-hybridized carbons (Fsp3) is 0.524. The summed E-state index contributed by atoms with van der Waals surface area (Å²) in [7, 11) is -3.56. The Hall–Kier alpha value is -1.48. The summed E-state index contributed by atoms with van der Waals surface area (Å²) in [5, 5.41) is 4.16. The Morgan fingerprint density at radius 1 is 1.23 bits per heavy atom. The maximum absolute atomic E-state index is 12.8. The van der Waals surface area contributed by atoms with E-state index >= 15 is 0 Å². The number of nitrogens with one attached hydrogen (secondary N) is 1. The molecule has 1 aromatic carbocycles. The van der Waals surface area contributed by atoms with Gasteiger partial charge < -0.3 is 5.32 Å². The van der Waals surface area contributed by atoms with Crippen LogP contribution in [-0.2, 0) is 27.7 Å². The van der Waals surface area contributed by atoms with E-state index in [0.717, 1.165) is 18.5 Å². The molecule has 2 heterocycles. The molecule has 4 rings (SSSR count). The molecule has 0 radical (unpaired) electrons. The van der Waals surface area contributed by atoms with Crippen molar-refractivity contribution < 1.29 is 13.2 Å². The van der Waals surface area contributed by atoms with E-state index in [1.165, 1.54) is 34.2 Å². The molecule has 2 aromatic rings. The van der Waals surface area contributed by atoms with Crippen LogP contribution in [0, 0.1) is 11.8 Å². The third-order valence-electron chi connectivity index (χ3n) is 6.13. The molecule has 0 saturated carbocycles. The number of hydrogen-bond acceptors (Lipinski definition) is 5. The lowest BCUT2D eigenvalue weighted by Gasteiger charge is -2.30. The summed E-state index contributed by atoms with van der Waals surface area (Å²) in [5.41, 5.74) is 1.13. The van der Waals surface area contributed by atoms with Crippen LogP contribution in [0.2, 0.25) is 5.02 Å². The number of piperidine rings is 1. The molecule has 1 aromatic heterocycles. The number of sulfonamides is 1. The normalized spacial score (nSPS) is 20.7. The molecule has 1 amide bonds. The third-order valence-corrected chi connectivity index (χ3v) is 9.33. The van der Waals surface area contributed by atoms with Gasteiger partial charge in [-0.1, -0.05) is 24.9 Å². The van der Waals surface area contributed by atoms with Crippen LogP contribution in [0.15, 0.2) is 29.2 Å². The lowest BCUT2D eigenvalue weighted by molar-refractivity contribution is -0.120. The van der Waals surface area contributed by atoms with E-state index in [9.17, 15) is 13.2 Å². The molecule has 6 nitrogen and oxygen atoms in total. The Kier molecular flexibility index (Phi) is 6.48. The van der Waals surface area contributed by atoms with Crippen molar-refractivity contribution >= 4 is 44.0 Å². The highest BCUT2D eigenvalue weighted by Gasteiger charge is 2.32. The van der Waals surface area contributed by atoms with Gasteiger partial charge in [-0.2, -0.15) is 4.31 Å². The largest absolute Gasteiger partial charge is 0.302 e. The summed E-state index contributed by atoms with van der Waals surface area (Å²) in [4.78, 5) is 18.9. The van der Waals surface area contributed by atoms with Crippen molar-refractivity contribution in [3.05, 3.63) is 39.9 Å². The summed E-state index contributed by atoms with van der Waals surface area (Å²) in [6.07, 6.45) is 5.39. The van der Waals surface area contributed by atoms with Crippen molar-refractivity contribution in [1.29, 1.82) is 0 Å². The minimum absolute atomic E-state index is 0.0586. The van der Waals surface area contributed by atoms with Crippen LogP contribution in [0.4, 0.5) is 5.13 Å². The summed E-state index contributed by atoms with van der Waals surface area (Å²) >= 11 is 7.45. The average Bonchev–Trinajstić information content (AvgIpc) is 3.15. The molecule has 0 spiro atoms. The van der Waals surface area contributed by atoms with Gasteiger partial charge in [0.2, 0.25) is 15.9 Å². The fourth-order valence-electron chi connectivity index (χ4n) is 4.17. The van der Waals surface area contributed by atoms with Gasteiger partial charge in [-0.25, -0.2) is 13.4 Å². The van der Waals surface area contributed by atoms with Crippen LogP contribution >= 0.6 is 22.9 Å². The molecule has 1 saturated heterocycles. The third kappa shape index (κ3) is 4.56. The zero-order valence-corrected chi connectivity index (χ0v) is 19.3. The molecule has 30 heavy (non-hydrogen) atoms. The second kappa shape index (κ2) is 8.94. The molecule has 2 aliphatic rings. The molecular weight excluding hydrogens is 442 g/mol. The number of aryl methyl sites for hydroxylation is 1. The number of thiazole rings is 1. The highest BCUT2D eigenvalue weighted by Crippen LogP contribution is 2.34. The van der Waals surface area contributed by atoms with Crippen LogP contribution in [0.25, 0.3) is 0 Å². The van der Waals surface area contributed by atoms with Crippen molar-refractivity contribution in [1.82, 2.24) is 9.29 Å². The first-order chi connectivity index (χ1) is 14.4. The Morgan fingerprint density at radius 3 is 2.60 bits per heavy atom. The number of carbonyl (C=O) groups excluding carboxylic acids is 1. The van der Waals surface area contributed by atoms with Gasteiger partial charge in [-0.3, -0.25) is 4.79 Å². The predicted octanol–water partition coefficient (Wildman–Crippen LogP) is 4.35. The highest BCUT2D eigenvalue weighted by atomic mass is 35.5. The smallest absolute Gasteiger partial charge is 0.243 e. The Balaban J connectivity index is 1.35. The van der Waals surface area contributed by atoms with E-state index in [1.54, 1.807) is 23.5 Å². The molecule has 0 bridgehead atoms. The minimum Gasteiger partial charge on any atom is -0.302 e. The SMILES string of the molecule is CCC1CCc2nc(NC(=O)C3CCN(S(=O)(=O)c4ccc(Cl)cc4)CC3)sc2C1. The lowest BCUT2D eigenvalue weighted by Crippen LogP contribution is -2.41. The van der Waals surface area contributed by atoms with Gasteiger partial charge in [0.05, 0.1) is 10.6 Å². The number of amides is 1. The van der Waals surface area contributed by atoms with E-state index in [0.29, 0.717) is 42.0 Å². The van der Waals surface area contributed by atoms with Gasteiger partial charge in [0.1, 0.15) is 0 Å². The topological polar surface area (TPSA) is 79.4 Å². The second-order valence-corrected chi connectivity index (χ2v) is 11.5. The maximum atomic E-state index is 12.8. The number of fused-ring (bicyclic) bond motifs is 1. The summed E-state index contributed by atoms with van der Waals surface area (Å²) in [6.45, 7) is 2.88. The van der Waals surface area contributed by atoms with Gasteiger partial charge in [0.25, 0.3) is 0 Å². The first-order valence-electron chi connectivity index (χ1n) is 10.4. The lowest BCUT2D eigenvalue weighted by atomic mass is 9.89. The number of halogens is 1. The molecule has 1 aliphatic heterocycles. The van der Waals surface area contributed by atoms with E-state index in [4.69, 9.17) is 11.6 Å². The van der Waals surface area contributed by atoms with Crippen LogP contribution < -0.4 is 5.32 Å². The number of anilines is 1. The van der Waals surface area contributed by atoms with Crippen molar-refractivity contribution in [2.75, 3.05) is 18.4 Å². The van der Waals surface area contributed by atoms with Crippen LogP contribution in [-0.4, -0.2) is 36.7 Å². The molecule has 1 N–H and O–H groups in total. The van der Waals surface area contributed by atoms with Gasteiger partial charge in [0, 0.05) is 28.9 Å². The molecule has 1 atom stereocenters. The first-order valence-corrected chi connectivity index (χ1v) is 13.1. The van der Waals surface area contributed by atoms with Crippen LogP contribution in [0.5, 0.6) is 0 Å². The zero-order valence-electron chi connectivity index (χ0n) is 16.9. The van der Waals surface area contributed by atoms with E-state index in [2.05, 4.69) is 17.2 Å². The Bertz CT molecular complexity index is 1010. The van der Waals surface area contributed by atoms with E-state index < -0.39 is 10.0 Å². The molecule has 9 heteroatoms. The summed E-state index contributed by atoms with van der Waals surface area (Å²) in [6, 6.07) is 6.18. The number of aromatic nitrogens is 1. The number of rotatable bonds is 5. The van der Waals surface area contributed by atoms with Crippen molar-refractivity contribution in [2.24, 2.45) is 11.8 Å². The van der Waals surface area contributed by atoms with Gasteiger partial charge in [-0.15, -0.1) is 11.3 Å². The number of nitrogens with zero attached hydrogens (tertiary/aromatic N) is 2. The molecule has 162 valence electrons. The first kappa shape index (κ1) is 21.7. The van der Waals surface area contributed by atoms with Crippen molar-refractivity contribution in [3.8, 4) is 0 Å². The minimum atomic E-state index is -3.56. The molecule has 1 fully saturated rings. The number of carbonyl (C=O) groups is 1. The Morgan fingerprint density at radius 2 is 1.93 bits per heavy atom. The van der Waals surface area contributed by atoms with Gasteiger partial charge >= 0.3 is 0 Å². The quantitative estimate of drug-likeness (QED) is 0.708. The summed E-state index contributed by atoms with van der Waals surface area (Å²) < 4.78 is 27.1. The second-order valence-electron chi connectivity index (χ2n) is 8.03. The van der Waals surface area contributed by atoms with Crippen LogP contribution in [0.3, 0.4) is 0 Å². The highest BCUT2D eigenvalue weighted by molar-refractivity contribution is 7.89. The maximum Gasteiger partial charge on any atom is 0.243 e. The zero-order chi connectivity index (χ0) is 21.3. The monoisotopic (exact) mass is 467 g/mol. The molecule has 1 aliphatic carbocycles. The fourth-order valence-corrected chi connectivity index (χ4v) is 6.89. The standard InChI is InChI=1S/C21H26ClN3O3S2/c1-2-14-3-8-18-19(13-14)29-21(23-18)24-20(26)15-9-11-25(12-10-15)30(27,28)17-6-4-16(22)5-7-17/h4-7,14-15H,2-3,8-13H2,1H3,(H,23,24,26). The Labute approximate surface area is 186 Å². The van der Waals surface area contributed by atoms with Gasteiger partial charge in [0.15, 0.2) is 5.13 Å². The van der Waals surface area contributed by atoms with E-state index in [1.807, 2.05) is 0 Å². The van der Waals surface area contributed by atoms with Crippen molar-refractivity contribution in [2.45, 2.75) is 50.3 Å². The van der Waals surface area contributed by atoms with E-state index in [-0.39, 0.29) is 16.7 Å². The predicted molar refractivity (Wildman–Crippen MR) is 119 cm³/mol.